The van der Waals surface area contributed by atoms with E-state index in [0.717, 1.165) is 4.31 Å². The van der Waals surface area contributed by atoms with Gasteiger partial charge in [-0.25, -0.2) is 8.42 Å². The van der Waals surface area contributed by atoms with E-state index in [1.54, 1.807) is 25.1 Å². The number of nitrogens with zero attached hydrogens (tertiary/aromatic N) is 2. The lowest BCUT2D eigenvalue weighted by Crippen LogP contribution is -2.37. The second-order valence-corrected chi connectivity index (χ2v) is 9.74. The second kappa shape index (κ2) is 8.33. The number of sulfonamides is 1. The van der Waals surface area contributed by atoms with Gasteiger partial charge in [0.1, 0.15) is 11.3 Å². The fourth-order valence-corrected chi connectivity index (χ4v) is 5.13. The molecule has 0 bridgehead atoms. The summed E-state index contributed by atoms with van der Waals surface area (Å²) in [5.41, 5.74) is 1.01. The molecule has 0 aliphatic rings. The van der Waals surface area contributed by atoms with Crippen LogP contribution in [-0.4, -0.2) is 25.1 Å². The third-order valence-electron chi connectivity index (χ3n) is 4.90. The SMILES string of the molecule is CC(=O)c1c(C)oc2ccc(N(C(=O)c3ccncc3)S(=O)(=O)c3ccc(Br)cc3)cc12. The number of hydrogen-bond donors (Lipinski definition) is 0. The van der Waals surface area contributed by atoms with Gasteiger partial charge < -0.3 is 4.42 Å². The third kappa shape index (κ3) is 3.85. The van der Waals surface area contributed by atoms with Crippen LogP contribution in [0.1, 0.15) is 33.4 Å². The van der Waals surface area contributed by atoms with Crippen LogP contribution in [0.15, 0.2) is 80.8 Å². The number of hydrogen-bond acceptors (Lipinski definition) is 6. The number of benzene rings is 2. The maximum absolute atomic E-state index is 13.6. The summed E-state index contributed by atoms with van der Waals surface area (Å²) in [7, 11) is -4.29. The molecule has 0 N–H and O–H groups in total. The number of carbonyl (C=O) groups is 2. The van der Waals surface area contributed by atoms with Crippen molar-refractivity contribution in [2.75, 3.05) is 4.31 Å². The Bertz CT molecular complexity index is 1450. The Balaban J connectivity index is 1.96. The van der Waals surface area contributed by atoms with Crippen molar-refractivity contribution in [1.82, 2.24) is 4.98 Å². The highest BCUT2D eigenvalue weighted by Crippen LogP contribution is 2.33. The monoisotopic (exact) mass is 512 g/mol. The van der Waals surface area contributed by atoms with E-state index in [1.165, 1.54) is 55.7 Å². The molecular weight excluding hydrogens is 496 g/mol. The summed E-state index contributed by atoms with van der Waals surface area (Å²) in [5, 5.41) is 0.436. The van der Waals surface area contributed by atoms with Crippen molar-refractivity contribution < 1.29 is 22.4 Å². The molecule has 4 rings (SSSR count). The highest BCUT2D eigenvalue weighted by atomic mass is 79.9. The Labute approximate surface area is 192 Å². The maximum atomic E-state index is 13.6. The molecule has 7 nitrogen and oxygen atoms in total. The van der Waals surface area contributed by atoms with Gasteiger partial charge in [0, 0.05) is 27.8 Å². The van der Waals surface area contributed by atoms with E-state index < -0.39 is 15.9 Å². The molecule has 0 aliphatic carbocycles. The minimum atomic E-state index is -4.29. The molecule has 1 amide bonds. The molecule has 2 heterocycles. The normalized spacial score (nSPS) is 11.5. The van der Waals surface area contributed by atoms with E-state index in [1.807, 2.05) is 0 Å². The van der Waals surface area contributed by atoms with Gasteiger partial charge in [-0.1, -0.05) is 15.9 Å². The summed E-state index contributed by atoms with van der Waals surface area (Å²) in [4.78, 5) is 29.4. The van der Waals surface area contributed by atoms with Crippen molar-refractivity contribution in [3.63, 3.8) is 0 Å². The zero-order chi connectivity index (χ0) is 23.0. The maximum Gasteiger partial charge on any atom is 0.272 e. The van der Waals surface area contributed by atoms with E-state index in [-0.39, 0.29) is 21.9 Å². The van der Waals surface area contributed by atoms with Crippen molar-refractivity contribution in [2.45, 2.75) is 18.7 Å². The summed E-state index contributed by atoms with van der Waals surface area (Å²) < 4.78 is 34.3. The van der Waals surface area contributed by atoms with Gasteiger partial charge in [-0.3, -0.25) is 14.6 Å². The van der Waals surface area contributed by atoms with E-state index in [4.69, 9.17) is 4.42 Å². The molecule has 0 unspecified atom stereocenters. The predicted molar refractivity (Wildman–Crippen MR) is 123 cm³/mol. The summed E-state index contributed by atoms with van der Waals surface area (Å²) in [6.45, 7) is 3.07. The number of aromatic nitrogens is 1. The fourth-order valence-electron chi connectivity index (χ4n) is 3.46. The lowest BCUT2D eigenvalue weighted by atomic mass is 10.1. The van der Waals surface area contributed by atoms with Gasteiger partial charge in [-0.2, -0.15) is 4.31 Å². The standard InChI is InChI=1S/C23H17BrN2O5S/c1-14(27)22-15(2)31-21-8-5-18(13-20(21)22)26(23(28)16-9-11-25-12-10-16)32(29,30)19-6-3-17(24)4-7-19/h3-13H,1-2H3. The molecule has 0 aliphatic heterocycles. The quantitative estimate of drug-likeness (QED) is 0.343. The Hall–Kier alpha value is -3.30. The topological polar surface area (TPSA) is 97.6 Å². The molecule has 2 aromatic heterocycles. The largest absolute Gasteiger partial charge is 0.461 e. The van der Waals surface area contributed by atoms with Gasteiger partial charge in [0.05, 0.1) is 16.1 Å². The second-order valence-electron chi connectivity index (χ2n) is 7.03. The number of halogens is 1. The van der Waals surface area contributed by atoms with Crippen molar-refractivity contribution in [1.29, 1.82) is 0 Å². The number of furan rings is 1. The first-order valence-electron chi connectivity index (χ1n) is 9.49. The van der Waals surface area contributed by atoms with Crippen LogP contribution in [0.4, 0.5) is 5.69 Å². The molecule has 0 saturated heterocycles. The predicted octanol–water partition coefficient (Wildman–Crippen LogP) is 5.14. The fraction of sp³-hybridized carbons (Fsp3) is 0.0870. The zero-order valence-corrected chi connectivity index (χ0v) is 19.5. The molecule has 0 fully saturated rings. The number of amides is 1. The zero-order valence-electron chi connectivity index (χ0n) is 17.1. The molecule has 162 valence electrons. The molecule has 4 aromatic rings. The van der Waals surface area contributed by atoms with Crippen molar-refractivity contribution in [2.24, 2.45) is 0 Å². The van der Waals surface area contributed by atoms with Gasteiger partial charge in [-0.05, 0) is 68.4 Å². The van der Waals surface area contributed by atoms with Gasteiger partial charge >= 0.3 is 0 Å². The Kier molecular flexibility index (Phi) is 5.70. The minimum Gasteiger partial charge on any atom is -0.461 e. The molecular formula is C23H17BrN2O5S. The van der Waals surface area contributed by atoms with Crippen LogP contribution in [0.2, 0.25) is 0 Å². The van der Waals surface area contributed by atoms with Gasteiger partial charge in [0.15, 0.2) is 5.78 Å². The molecule has 0 radical (unpaired) electrons. The number of anilines is 1. The van der Waals surface area contributed by atoms with Crippen LogP contribution in [0.25, 0.3) is 11.0 Å². The first-order chi connectivity index (χ1) is 15.2. The number of pyridine rings is 1. The number of rotatable bonds is 5. The van der Waals surface area contributed by atoms with E-state index in [2.05, 4.69) is 20.9 Å². The Morgan fingerprint density at radius 3 is 2.28 bits per heavy atom. The number of ketones is 1. The van der Waals surface area contributed by atoms with Crippen LogP contribution in [0, 0.1) is 6.92 Å². The lowest BCUT2D eigenvalue weighted by Gasteiger charge is -2.23. The van der Waals surface area contributed by atoms with Crippen molar-refractivity contribution >= 4 is 54.3 Å². The van der Waals surface area contributed by atoms with E-state index in [0.29, 0.717) is 26.8 Å². The van der Waals surface area contributed by atoms with Crippen LogP contribution in [0.3, 0.4) is 0 Å². The molecule has 9 heteroatoms. The molecule has 32 heavy (non-hydrogen) atoms. The Morgan fingerprint density at radius 1 is 1.00 bits per heavy atom. The van der Waals surface area contributed by atoms with Crippen LogP contribution >= 0.6 is 15.9 Å². The van der Waals surface area contributed by atoms with Crippen LogP contribution < -0.4 is 4.31 Å². The van der Waals surface area contributed by atoms with Crippen molar-refractivity contribution in [3.05, 3.63) is 88.4 Å². The van der Waals surface area contributed by atoms with Gasteiger partial charge in [-0.15, -0.1) is 0 Å². The first-order valence-corrected chi connectivity index (χ1v) is 11.7. The highest BCUT2D eigenvalue weighted by molar-refractivity contribution is 9.10. The van der Waals surface area contributed by atoms with Crippen LogP contribution in [-0.2, 0) is 10.0 Å². The highest BCUT2D eigenvalue weighted by Gasteiger charge is 2.32. The lowest BCUT2D eigenvalue weighted by molar-refractivity contribution is 0.1000. The van der Waals surface area contributed by atoms with Gasteiger partial charge in [0.2, 0.25) is 0 Å². The number of aryl methyl sites for hydroxylation is 1. The summed E-state index contributed by atoms with van der Waals surface area (Å²) in [6, 6.07) is 13.4. The average Bonchev–Trinajstić information content (AvgIpc) is 3.10. The van der Waals surface area contributed by atoms with E-state index in [9.17, 15) is 18.0 Å². The third-order valence-corrected chi connectivity index (χ3v) is 7.15. The molecule has 2 aromatic carbocycles. The molecule has 0 saturated carbocycles. The number of fused-ring (bicyclic) bond motifs is 1. The first kappa shape index (κ1) is 21.9. The summed E-state index contributed by atoms with van der Waals surface area (Å²) in [5.74, 6) is -0.548. The van der Waals surface area contributed by atoms with Gasteiger partial charge in [0.25, 0.3) is 15.9 Å². The summed E-state index contributed by atoms with van der Waals surface area (Å²) >= 11 is 3.29. The number of carbonyl (C=O) groups excluding carboxylic acids is 2. The Morgan fingerprint density at radius 2 is 1.66 bits per heavy atom. The molecule has 0 spiro atoms. The number of Topliss-reactive ketones (excluding diaryl/α,β-unsaturated/α-hetero) is 1. The summed E-state index contributed by atoms with van der Waals surface area (Å²) in [6.07, 6.45) is 2.82. The minimum absolute atomic E-state index is 0.0571. The van der Waals surface area contributed by atoms with E-state index >= 15 is 0 Å². The smallest absolute Gasteiger partial charge is 0.272 e. The van der Waals surface area contributed by atoms with Crippen LogP contribution in [0.5, 0.6) is 0 Å². The van der Waals surface area contributed by atoms with Crippen molar-refractivity contribution in [3.8, 4) is 0 Å². The average molecular weight is 513 g/mol. The molecule has 0 atom stereocenters.